The zero-order valence-corrected chi connectivity index (χ0v) is 18.7. The molecule has 0 spiro atoms. The summed E-state index contributed by atoms with van der Waals surface area (Å²) in [6, 6.07) is 4.74. The number of nitrogens with one attached hydrogen (secondary N) is 1. The lowest BCUT2D eigenvalue weighted by Crippen LogP contribution is -2.51. The number of aromatic nitrogens is 1. The molecule has 1 aromatic carbocycles. The Kier molecular flexibility index (Phi) is 8.94. The lowest BCUT2D eigenvalue weighted by molar-refractivity contribution is -0.153. The maximum absolute atomic E-state index is 13.4. The minimum absolute atomic E-state index is 0.158. The molecule has 35 heavy (non-hydrogen) atoms. The van der Waals surface area contributed by atoms with Gasteiger partial charge in [-0.1, -0.05) is 18.2 Å². The van der Waals surface area contributed by atoms with E-state index >= 15 is 0 Å². The highest BCUT2D eigenvalue weighted by molar-refractivity contribution is 5.86. The lowest BCUT2D eigenvalue weighted by Gasteiger charge is -2.29. The van der Waals surface area contributed by atoms with Crippen molar-refractivity contribution in [2.24, 2.45) is 0 Å². The highest BCUT2D eigenvalue weighted by Gasteiger charge is 2.36. The Hall–Kier alpha value is -3.51. The lowest BCUT2D eigenvalue weighted by atomic mass is 9.98. The van der Waals surface area contributed by atoms with Gasteiger partial charge in [-0.05, 0) is 37.6 Å². The SMILES string of the molecule is CCN(C(=O)O)[C@H](Cc1ccccc1C(F)(F)F)C(=O)N[C@H](C)c1ccc(OCC(F)(F)F)cn1. The fraction of sp³-hybridized carbons (Fsp3) is 0.409. The number of nitrogens with zero attached hydrogens (tertiary/aromatic N) is 2. The molecule has 0 saturated carbocycles. The molecule has 0 bridgehead atoms. The minimum Gasteiger partial charge on any atom is -0.483 e. The van der Waals surface area contributed by atoms with Crippen LogP contribution in [0.4, 0.5) is 31.1 Å². The van der Waals surface area contributed by atoms with E-state index in [0.29, 0.717) is 0 Å². The van der Waals surface area contributed by atoms with Gasteiger partial charge in [-0.15, -0.1) is 0 Å². The van der Waals surface area contributed by atoms with Crippen molar-refractivity contribution in [1.29, 1.82) is 0 Å². The van der Waals surface area contributed by atoms with Crippen molar-refractivity contribution in [3.63, 3.8) is 0 Å². The molecule has 2 atom stereocenters. The van der Waals surface area contributed by atoms with Crippen LogP contribution in [-0.4, -0.2) is 52.4 Å². The van der Waals surface area contributed by atoms with Crippen LogP contribution >= 0.6 is 0 Å². The van der Waals surface area contributed by atoms with E-state index in [9.17, 15) is 41.0 Å². The Morgan fingerprint density at radius 1 is 1.11 bits per heavy atom. The largest absolute Gasteiger partial charge is 0.483 e. The first kappa shape index (κ1) is 27.7. The second-order valence-corrected chi connectivity index (χ2v) is 7.50. The van der Waals surface area contributed by atoms with Gasteiger partial charge in [0.1, 0.15) is 11.8 Å². The summed E-state index contributed by atoms with van der Waals surface area (Å²) in [7, 11) is 0. The van der Waals surface area contributed by atoms with Crippen LogP contribution in [0, 0.1) is 0 Å². The Morgan fingerprint density at radius 3 is 2.29 bits per heavy atom. The van der Waals surface area contributed by atoms with E-state index < -0.39 is 55.0 Å². The molecule has 0 radical (unpaired) electrons. The molecule has 7 nitrogen and oxygen atoms in total. The van der Waals surface area contributed by atoms with Crippen LogP contribution in [0.2, 0.25) is 0 Å². The first-order valence-corrected chi connectivity index (χ1v) is 10.3. The molecule has 192 valence electrons. The van der Waals surface area contributed by atoms with Crippen LogP contribution in [0.15, 0.2) is 42.6 Å². The molecule has 0 unspecified atom stereocenters. The molecule has 0 aliphatic carbocycles. The number of likely N-dealkylation sites (N-methyl/N-ethyl adjacent to an activating group) is 1. The monoisotopic (exact) mass is 507 g/mol. The standard InChI is InChI=1S/C22H23F6N3O4/c1-3-31(20(33)34)18(10-14-6-4-5-7-16(14)22(26,27)28)19(32)30-13(2)17-9-8-15(11-29-17)35-12-21(23,24)25/h4-9,11,13,18H,3,10,12H2,1-2H3,(H,30,32)(H,33,34)/t13-,18-/m1/s1. The van der Waals surface area contributed by atoms with E-state index in [0.717, 1.165) is 17.2 Å². The van der Waals surface area contributed by atoms with Crippen molar-refractivity contribution in [2.75, 3.05) is 13.2 Å². The van der Waals surface area contributed by atoms with Crippen LogP contribution in [0.25, 0.3) is 0 Å². The van der Waals surface area contributed by atoms with Crippen LogP contribution < -0.4 is 10.1 Å². The summed E-state index contributed by atoms with van der Waals surface area (Å²) in [5.74, 6) is -1.02. The number of hydrogen-bond acceptors (Lipinski definition) is 4. The molecule has 1 aromatic heterocycles. The third-order valence-corrected chi connectivity index (χ3v) is 4.97. The average molecular weight is 507 g/mol. The number of benzene rings is 1. The van der Waals surface area contributed by atoms with Gasteiger partial charge in [0.15, 0.2) is 6.61 Å². The highest BCUT2D eigenvalue weighted by Crippen LogP contribution is 2.33. The molecule has 2 aromatic rings. The van der Waals surface area contributed by atoms with Crippen molar-refractivity contribution in [1.82, 2.24) is 15.2 Å². The number of carboxylic acid groups (broad SMARTS) is 1. The van der Waals surface area contributed by atoms with E-state index in [2.05, 4.69) is 15.0 Å². The summed E-state index contributed by atoms with van der Waals surface area (Å²) >= 11 is 0. The number of ether oxygens (including phenoxy) is 1. The summed E-state index contributed by atoms with van der Waals surface area (Å²) < 4.78 is 81.6. The van der Waals surface area contributed by atoms with Gasteiger partial charge in [0.05, 0.1) is 23.5 Å². The maximum Gasteiger partial charge on any atom is 0.422 e. The van der Waals surface area contributed by atoms with Gasteiger partial charge >= 0.3 is 18.4 Å². The van der Waals surface area contributed by atoms with E-state index in [4.69, 9.17) is 0 Å². The van der Waals surface area contributed by atoms with Gasteiger partial charge in [0, 0.05) is 13.0 Å². The predicted molar refractivity (Wildman–Crippen MR) is 112 cm³/mol. The van der Waals surface area contributed by atoms with E-state index in [-0.39, 0.29) is 23.6 Å². The summed E-state index contributed by atoms with van der Waals surface area (Å²) in [5.41, 5.74) is -1.02. The van der Waals surface area contributed by atoms with E-state index in [1.54, 1.807) is 0 Å². The summed E-state index contributed by atoms with van der Waals surface area (Å²) in [6.07, 6.45) is -10.2. The predicted octanol–water partition coefficient (Wildman–Crippen LogP) is 4.83. The van der Waals surface area contributed by atoms with Gasteiger partial charge < -0.3 is 15.2 Å². The topological polar surface area (TPSA) is 91.8 Å². The third-order valence-electron chi connectivity index (χ3n) is 4.97. The van der Waals surface area contributed by atoms with Crippen molar-refractivity contribution in [3.05, 3.63) is 59.4 Å². The highest BCUT2D eigenvalue weighted by atomic mass is 19.4. The van der Waals surface area contributed by atoms with Crippen LogP contribution in [0.5, 0.6) is 5.75 Å². The van der Waals surface area contributed by atoms with Crippen LogP contribution in [0.1, 0.15) is 36.7 Å². The molecule has 2 amide bonds. The second-order valence-electron chi connectivity index (χ2n) is 7.50. The molecular formula is C22H23F6N3O4. The Balaban J connectivity index is 2.23. The van der Waals surface area contributed by atoms with Gasteiger partial charge in [-0.3, -0.25) is 14.7 Å². The third kappa shape index (κ3) is 8.04. The molecule has 2 N–H and O–H groups in total. The zero-order valence-electron chi connectivity index (χ0n) is 18.7. The Labute approximate surface area is 196 Å². The summed E-state index contributed by atoms with van der Waals surface area (Å²) in [6.45, 7) is 1.24. The Bertz CT molecular complexity index is 1010. The first-order valence-electron chi connectivity index (χ1n) is 10.3. The van der Waals surface area contributed by atoms with Crippen molar-refractivity contribution >= 4 is 12.0 Å². The molecule has 0 fully saturated rings. The molecule has 0 aliphatic rings. The molecule has 0 aliphatic heterocycles. The van der Waals surface area contributed by atoms with Crippen molar-refractivity contribution in [2.45, 2.75) is 44.7 Å². The smallest absolute Gasteiger partial charge is 0.422 e. The number of amides is 2. The fourth-order valence-electron chi connectivity index (χ4n) is 3.30. The summed E-state index contributed by atoms with van der Waals surface area (Å²) in [5, 5.41) is 12.0. The van der Waals surface area contributed by atoms with Crippen LogP contribution in [-0.2, 0) is 17.4 Å². The molecular weight excluding hydrogens is 484 g/mol. The number of halogens is 6. The minimum atomic E-state index is -4.70. The average Bonchev–Trinajstić information content (AvgIpc) is 2.76. The van der Waals surface area contributed by atoms with Gasteiger partial charge in [-0.2, -0.15) is 26.3 Å². The Morgan fingerprint density at radius 2 is 1.77 bits per heavy atom. The first-order chi connectivity index (χ1) is 16.2. The van der Waals surface area contributed by atoms with E-state index in [1.165, 1.54) is 44.2 Å². The van der Waals surface area contributed by atoms with Gasteiger partial charge in [0.25, 0.3) is 0 Å². The zero-order chi connectivity index (χ0) is 26.4. The number of carbonyl (C=O) groups excluding carboxylic acids is 1. The number of rotatable bonds is 9. The fourth-order valence-corrected chi connectivity index (χ4v) is 3.30. The van der Waals surface area contributed by atoms with Crippen molar-refractivity contribution < 1.29 is 45.8 Å². The summed E-state index contributed by atoms with van der Waals surface area (Å²) in [4.78, 5) is 29.3. The van der Waals surface area contributed by atoms with Crippen molar-refractivity contribution in [3.8, 4) is 5.75 Å². The number of hydrogen-bond donors (Lipinski definition) is 2. The number of alkyl halides is 6. The number of carbonyl (C=O) groups is 2. The van der Waals surface area contributed by atoms with Crippen LogP contribution in [0.3, 0.4) is 0 Å². The molecule has 1 heterocycles. The molecule has 13 heteroatoms. The molecule has 0 saturated heterocycles. The van der Waals surface area contributed by atoms with E-state index in [1.807, 2.05) is 0 Å². The maximum atomic E-state index is 13.4. The second kappa shape index (κ2) is 11.3. The van der Waals surface area contributed by atoms with Gasteiger partial charge in [-0.25, -0.2) is 4.79 Å². The van der Waals surface area contributed by atoms with Gasteiger partial charge in [0.2, 0.25) is 5.91 Å². The quantitative estimate of drug-likeness (QED) is 0.475. The molecule has 2 rings (SSSR count). The normalized spacial score (nSPS) is 13.6. The number of pyridine rings is 1.